The predicted octanol–water partition coefficient (Wildman–Crippen LogP) is 2.93. The Kier molecular flexibility index (Phi) is 2.85. The van der Waals surface area contributed by atoms with Crippen molar-refractivity contribution in [3.05, 3.63) is 12.2 Å². The van der Waals surface area contributed by atoms with Crippen LogP contribution in [-0.4, -0.2) is 47.7 Å². The molecule has 0 aromatic heterocycles. The van der Waals surface area contributed by atoms with E-state index in [-0.39, 0.29) is 40.9 Å². The fourth-order valence-corrected chi connectivity index (χ4v) is 11.1. The van der Waals surface area contributed by atoms with Crippen LogP contribution in [0.4, 0.5) is 0 Å². The average molecular weight is 398 g/mol. The van der Waals surface area contributed by atoms with Crippen molar-refractivity contribution in [1.29, 1.82) is 0 Å². The fourth-order valence-electron chi connectivity index (χ4n) is 11.1. The highest BCUT2D eigenvalue weighted by molar-refractivity contribution is 5.68. The van der Waals surface area contributed by atoms with Gasteiger partial charge in [-0.05, 0) is 53.9 Å². The van der Waals surface area contributed by atoms with Crippen LogP contribution in [0.1, 0.15) is 52.9 Å². The smallest absolute Gasteiger partial charge is 0.303 e. The lowest BCUT2D eigenvalue weighted by atomic mass is 9.39. The Labute approximate surface area is 172 Å². The molecule has 0 N–H and O–H groups in total. The molecule has 5 nitrogen and oxygen atoms in total. The molecule has 29 heavy (non-hydrogen) atoms. The molecule has 6 aliphatic carbocycles. The van der Waals surface area contributed by atoms with Crippen molar-refractivity contribution in [3.8, 4) is 0 Å². The second kappa shape index (κ2) is 4.76. The second-order valence-corrected chi connectivity index (χ2v) is 11.7. The summed E-state index contributed by atoms with van der Waals surface area (Å²) < 4.78 is 12.2. The number of carbonyl (C=O) groups excluding carboxylic acids is 2. The zero-order chi connectivity index (χ0) is 20.1. The van der Waals surface area contributed by atoms with Crippen molar-refractivity contribution >= 4 is 11.9 Å². The largest absolute Gasteiger partial charge is 0.462 e. The number of ether oxygens (including phenoxy) is 2. The van der Waals surface area contributed by atoms with Crippen molar-refractivity contribution < 1.29 is 19.1 Å². The summed E-state index contributed by atoms with van der Waals surface area (Å²) in [4.78, 5) is 27.2. The first kappa shape index (κ1) is 17.3. The molecule has 0 aromatic carbocycles. The standard InChI is InChI=1S/C24H31NO4/c1-11-14-8-15-20-23-7-5-6-22(4)10-25(20)16(18(22)23)9-24(15,21(11)29-13(3)27)19(23)17(14)28-12(2)26/h14-21H,1,5-10H2,2-4H3/t14-,15-,16+,17+,18-,19+,20?,21-,22+,23+,24-/m1/s1. The van der Waals surface area contributed by atoms with Crippen molar-refractivity contribution in [1.82, 2.24) is 4.90 Å². The van der Waals surface area contributed by atoms with Gasteiger partial charge >= 0.3 is 11.9 Å². The Morgan fingerprint density at radius 3 is 2.59 bits per heavy atom. The van der Waals surface area contributed by atoms with E-state index in [1.54, 1.807) is 6.92 Å². The van der Waals surface area contributed by atoms with Gasteiger partial charge in [0.1, 0.15) is 12.2 Å². The molecule has 156 valence electrons. The van der Waals surface area contributed by atoms with Gasteiger partial charge in [0.25, 0.3) is 0 Å². The van der Waals surface area contributed by atoms with Crippen LogP contribution < -0.4 is 0 Å². The molecular formula is C24H31NO4. The minimum atomic E-state index is -0.202. The van der Waals surface area contributed by atoms with Crippen LogP contribution in [0.5, 0.6) is 0 Å². The molecule has 9 rings (SSSR count). The first-order chi connectivity index (χ1) is 13.8. The van der Waals surface area contributed by atoms with Crippen molar-refractivity contribution in [2.45, 2.75) is 77.2 Å². The first-order valence-corrected chi connectivity index (χ1v) is 11.5. The molecule has 3 aliphatic heterocycles. The first-order valence-electron chi connectivity index (χ1n) is 11.5. The Morgan fingerprint density at radius 1 is 1.10 bits per heavy atom. The monoisotopic (exact) mass is 397 g/mol. The van der Waals surface area contributed by atoms with Crippen LogP contribution in [-0.2, 0) is 19.1 Å². The lowest BCUT2D eigenvalue weighted by Crippen LogP contribution is -2.69. The number of piperidine rings is 2. The fraction of sp³-hybridized carbons (Fsp3) is 0.833. The van der Waals surface area contributed by atoms with E-state index in [0.717, 1.165) is 18.4 Å². The van der Waals surface area contributed by atoms with E-state index in [1.165, 1.54) is 32.7 Å². The molecule has 0 aromatic rings. The van der Waals surface area contributed by atoms with Gasteiger partial charge in [0.05, 0.1) is 0 Å². The maximum absolute atomic E-state index is 12.2. The molecule has 6 saturated carbocycles. The predicted molar refractivity (Wildman–Crippen MR) is 105 cm³/mol. The highest BCUT2D eigenvalue weighted by atomic mass is 16.6. The van der Waals surface area contributed by atoms with Crippen LogP contribution >= 0.6 is 0 Å². The van der Waals surface area contributed by atoms with E-state index in [0.29, 0.717) is 35.3 Å². The number of rotatable bonds is 2. The van der Waals surface area contributed by atoms with E-state index in [1.807, 2.05) is 0 Å². The van der Waals surface area contributed by atoms with Gasteiger partial charge in [0.15, 0.2) is 0 Å². The van der Waals surface area contributed by atoms with Crippen LogP contribution in [0, 0.1) is 39.9 Å². The average Bonchev–Trinajstić information content (AvgIpc) is 3.05. The van der Waals surface area contributed by atoms with Gasteiger partial charge in [0, 0.05) is 49.7 Å². The molecule has 2 spiro atoms. The van der Waals surface area contributed by atoms with Gasteiger partial charge in [-0.2, -0.15) is 0 Å². The third-order valence-corrected chi connectivity index (χ3v) is 10.9. The summed E-state index contributed by atoms with van der Waals surface area (Å²) in [7, 11) is 0. The number of carbonyl (C=O) groups is 2. The zero-order valence-corrected chi connectivity index (χ0v) is 17.6. The van der Waals surface area contributed by atoms with Crippen LogP contribution in [0.25, 0.3) is 0 Å². The lowest BCUT2D eigenvalue weighted by Gasteiger charge is -2.66. The molecule has 9 bridgehead atoms. The minimum Gasteiger partial charge on any atom is -0.462 e. The highest BCUT2D eigenvalue weighted by Gasteiger charge is 2.90. The topological polar surface area (TPSA) is 55.8 Å². The molecule has 2 unspecified atom stereocenters. The van der Waals surface area contributed by atoms with E-state index in [4.69, 9.17) is 9.47 Å². The third kappa shape index (κ3) is 1.54. The quantitative estimate of drug-likeness (QED) is 0.530. The lowest BCUT2D eigenvalue weighted by molar-refractivity contribution is -0.231. The van der Waals surface area contributed by atoms with Gasteiger partial charge in [0.2, 0.25) is 0 Å². The summed E-state index contributed by atoms with van der Waals surface area (Å²) in [5.41, 5.74) is 1.56. The maximum Gasteiger partial charge on any atom is 0.303 e. The molecule has 0 radical (unpaired) electrons. The Balaban J connectivity index is 1.47. The van der Waals surface area contributed by atoms with E-state index in [2.05, 4.69) is 18.4 Å². The number of esters is 2. The number of nitrogens with zero attached hydrogens (tertiary/aromatic N) is 1. The van der Waals surface area contributed by atoms with Crippen LogP contribution in [0.2, 0.25) is 0 Å². The van der Waals surface area contributed by atoms with E-state index >= 15 is 0 Å². The zero-order valence-electron chi connectivity index (χ0n) is 17.6. The van der Waals surface area contributed by atoms with E-state index in [9.17, 15) is 9.59 Å². The van der Waals surface area contributed by atoms with Crippen molar-refractivity contribution in [3.63, 3.8) is 0 Å². The Morgan fingerprint density at radius 2 is 1.86 bits per heavy atom. The van der Waals surface area contributed by atoms with Crippen LogP contribution in [0.15, 0.2) is 12.2 Å². The van der Waals surface area contributed by atoms with E-state index < -0.39 is 0 Å². The van der Waals surface area contributed by atoms with Gasteiger partial charge in [-0.3, -0.25) is 14.5 Å². The van der Waals surface area contributed by atoms with Gasteiger partial charge in [-0.25, -0.2) is 0 Å². The molecule has 5 heteroatoms. The summed E-state index contributed by atoms with van der Waals surface area (Å²) >= 11 is 0. The van der Waals surface area contributed by atoms with Gasteiger partial charge in [-0.15, -0.1) is 0 Å². The van der Waals surface area contributed by atoms with Gasteiger partial charge < -0.3 is 9.47 Å². The molecule has 12 atom stereocenters. The number of hydrogen-bond acceptors (Lipinski definition) is 5. The highest BCUT2D eigenvalue weighted by Crippen LogP contribution is 2.87. The summed E-state index contributed by atoms with van der Waals surface area (Å²) in [5, 5.41) is 0. The molecular weight excluding hydrogens is 366 g/mol. The summed E-state index contributed by atoms with van der Waals surface area (Å²) in [5.74, 6) is 1.32. The molecule has 9 aliphatic rings. The normalized spacial score (nSPS) is 61.9. The molecule has 0 amide bonds. The number of fused-ring (bicyclic) bond motifs is 1. The van der Waals surface area contributed by atoms with Crippen LogP contribution in [0.3, 0.4) is 0 Å². The van der Waals surface area contributed by atoms with Gasteiger partial charge in [-0.1, -0.05) is 19.9 Å². The molecule has 3 saturated heterocycles. The third-order valence-electron chi connectivity index (χ3n) is 10.9. The second-order valence-electron chi connectivity index (χ2n) is 11.7. The number of hydrogen-bond donors (Lipinski definition) is 0. The molecule has 9 fully saturated rings. The van der Waals surface area contributed by atoms with Crippen molar-refractivity contribution in [2.75, 3.05) is 6.54 Å². The summed E-state index contributed by atoms with van der Waals surface area (Å²) in [6, 6.07) is 1.19. The Hall–Kier alpha value is -1.36. The Bertz CT molecular complexity index is 884. The SMILES string of the molecule is C=C1[C@H]2C[C@@H]3C4N5C[C@]6(C)CCC[C@@]47[C@@H]6[C@@H]5C[C@]3([C@@H]1OC(C)=O)[C@H]7[C@H]2OC(C)=O. The van der Waals surface area contributed by atoms with Crippen molar-refractivity contribution in [2.24, 2.45) is 39.9 Å². The maximum atomic E-state index is 12.2. The molecule has 3 heterocycles. The summed E-state index contributed by atoms with van der Waals surface area (Å²) in [6.07, 6.45) is 5.70. The minimum absolute atomic E-state index is 0.0808. The summed E-state index contributed by atoms with van der Waals surface area (Å²) in [6.45, 7) is 11.3.